The summed E-state index contributed by atoms with van der Waals surface area (Å²) in [7, 11) is 4.86. The summed E-state index contributed by atoms with van der Waals surface area (Å²) in [5, 5.41) is 0.735. The van der Waals surface area contributed by atoms with Gasteiger partial charge in [-0.1, -0.05) is 23.7 Å². The molecular formula is C23H25ClN2O3. The highest BCUT2D eigenvalue weighted by atomic mass is 35.5. The van der Waals surface area contributed by atoms with Gasteiger partial charge in [-0.15, -0.1) is 0 Å². The zero-order valence-corrected chi connectivity index (χ0v) is 17.6. The molecule has 0 saturated heterocycles. The zero-order valence-electron chi connectivity index (χ0n) is 16.9. The van der Waals surface area contributed by atoms with Gasteiger partial charge in [0.15, 0.2) is 11.5 Å². The molecule has 3 rings (SSSR count). The van der Waals surface area contributed by atoms with E-state index in [0.717, 1.165) is 23.7 Å². The van der Waals surface area contributed by atoms with Gasteiger partial charge in [0, 0.05) is 37.1 Å². The number of aromatic nitrogens is 1. The van der Waals surface area contributed by atoms with Crippen LogP contribution in [0.4, 0.5) is 0 Å². The molecule has 1 heterocycles. The molecule has 0 aliphatic rings. The molecule has 0 saturated carbocycles. The highest BCUT2D eigenvalue weighted by Gasteiger charge is 2.16. The highest BCUT2D eigenvalue weighted by molar-refractivity contribution is 6.30. The van der Waals surface area contributed by atoms with E-state index in [-0.39, 0.29) is 0 Å². The van der Waals surface area contributed by atoms with Crippen molar-refractivity contribution in [1.29, 1.82) is 0 Å². The minimum absolute atomic E-state index is 0.595. The molecule has 0 aliphatic carbocycles. The average molecular weight is 413 g/mol. The molecule has 5 nitrogen and oxygen atoms in total. The third-order valence-electron chi connectivity index (χ3n) is 4.61. The number of rotatable bonds is 9. The lowest BCUT2D eigenvalue weighted by Crippen LogP contribution is -2.22. The molecule has 3 aromatic rings. The van der Waals surface area contributed by atoms with Gasteiger partial charge in [-0.3, -0.25) is 9.88 Å². The van der Waals surface area contributed by atoms with E-state index in [1.165, 1.54) is 11.1 Å². The Morgan fingerprint density at radius 3 is 1.76 bits per heavy atom. The summed E-state index contributed by atoms with van der Waals surface area (Å²) < 4.78 is 16.4. The minimum atomic E-state index is 0.595. The van der Waals surface area contributed by atoms with Crippen molar-refractivity contribution >= 4 is 11.6 Å². The molecule has 1 aromatic heterocycles. The van der Waals surface area contributed by atoms with E-state index in [4.69, 9.17) is 25.8 Å². The van der Waals surface area contributed by atoms with Gasteiger partial charge in [0.05, 0.1) is 21.3 Å². The Labute approximate surface area is 176 Å². The van der Waals surface area contributed by atoms with Gasteiger partial charge < -0.3 is 14.2 Å². The van der Waals surface area contributed by atoms with Crippen LogP contribution in [0.25, 0.3) is 0 Å². The van der Waals surface area contributed by atoms with Crippen LogP contribution in [0.1, 0.15) is 16.7 Å². The summed E-state index contributed by atoms with van der Waals surface area (Å²) in [6, 6.07) is 16.0. The van der Waals surface area contributed by atoms with E-state index in [1.54, 1.807) is 21.3 Å². The van der Waals surface area contributed by atoms with Crippen LogP contribution >= 0.6 is 11.6 Å². The van der Waals surface area contributed by atoms with Crippen molar-refractivity contribution in [3.63, 3.8) is 0 Å². The maximum Gasteiger partial charge on any atom is 0.203 e. The second-order valence-electron chi connectivity index (χ2n) is 6.66. The lowest BCUT2D eigenvalue weighted by atomic mass is 10.1. The first kappa shape index (κ1) is 21.0. The Kier molecular flexibility index (Phi) is 7.33. The number of methoxy groups -OCH3 is 3. The van der Waals surface area contributed by atoms with Gasteiger partial charge in [-0.25, -0.2) is 0 Å². The monoisotopic (exact) mass is 412 g/mol. The van der Waals surface area contributed by atoms with E-state index in [0.29, 0.717) is 23.8 Å². The fraction of sp³-hybridized carbons (Fsp3) is 0.261. The van der Waals surface area contributed by atoms with Crippen LogP contribution < -0.4 is 14.2 Å². The maximum absolute atomic E-state index is 6.04. The van der Waals surface area contributed by atoms with Gasteiger partial charge >= 0.3 is 0 Å². The zero-order chi connectivity index (χ0) is 20.6. The molecule has 0 atom stereocenters. The van der Waals surface area contributed by atoms with Crippen molar-refractivity contribution in [1.82, 2.24) is 9.88 Å². The second kappa shape index (κ2) is 10.1. The predicted octanol–water partition coefficient (Wildman–Crippen LogP) is 4.96. The van der Waals surface area contributed by atoms with Crippen LogP contribution in [0.2, 0.25) is 5.02 Å². The summed E-state index contributed by atoms with van der Waals surface area (Å²) in [4.78, 5) is 6.46. The number of hydrogen-bond donors (Lipinski definition) is 0. The lowest BCUT2D eigenvalue weighted by molar-refractivity contribution is 0.246. The van der Waals surface area contributed by atoms with Crippen LogP contribution in [-0.4, -0.2) is 31.2 Å². The average Bonchev–Trinajstić information content (AvgIpc) is 2.75. The molecule has 6 heteroatoms. The standard InChI is InChI=1S/C23H25ClN2O3/c1-27-21-12-19(13-22(28-2)23(21)29-3)16-26(15-18-8-10-25-11-9-18)14-17-4-6-20(24)7-5-17/h4-13H,14-16H2,1-3H3. The number of halogens is 1. The van der Waals surface area contributed by atoms with Crippen molar-refractivity contribution < 1.29 is 14.2 Å². The molecule has 0 spiro atoms. The van der Waals surface area contributed by atoms with Crippen LogP contribution in [0.3, 0.4) is 0 Å². The van der Waals surface area contributed by atoms with Gasteiger partial charge in [-0.2, -0.15) is 0 Å². The van der Waals surface area contributed by atoms with Gasteiger partial charge in [-0.05, 0) is 53.1 Å². The Bertz CT molecular complexity index is 892. The SMILES string of the molecule is COc1cc(CN(Cc2ccncc2)Cc2ccc(Cl)cc2)cc(OC)c1OC. The van der Waals surface area contributed by atoms with E-state index >= 15 is 0 Å². The Morgan fingerprint density at radius 2 is 1.24 bits per heavy atom. The fourth-order valence-electron chi connectivity index (χ4n) is 3.25. The smallest absolute Gasteiger partial charge is 0.203 e. The first-order valence-corrected chi connectivity index (χ1v) is 9.65. The first-order chi connectivity index (χ1) is 14.1. The Hall–Kier alpha value is -2.76. The first-order valence-electron chi connectivity index (χ1n) is 9.27. The van der Waals surface area contributed by atoms with E-state index < -0.39 is 0 Å². The van der Waals surface area contributed by atoms with Gasteiger partial charge in [0.2, 0.25) is 5.75 Å². The normalized spacial score (nSPS) is 10.8. The second-order valence-corrected chi connectivity index (χ2v) is 7.10. The Balaban J connectivity index is 1.88. The lowest BCUT2D eigenvalue weighted by Gasteiger charge is -2.24. The molecular weight excluding hydrogens is 388 g/mol. The molecule has 0 aliphatic heterocycles. The number of pyridine rings is 1. The largest absolute Gasteiger partial charge is 0.493 e. The van der Waals surface area contributed by atoms with Gasteiger partial charge in [0.25, 0.3) is 0 Å². The summed E-state index contributed by atoms with van der Waals surface area (Å²) in [6.45, 7) is 2.26. The highest BCUT2D eigenvalue weighted by Crippen LogP contribution is 2.38. The quantitative estimate of drug-likeness (QED) is 0.496. The number of ether oxygens (including phenoxy) is 3. The van der Waals surface area contributed by atoms with E-state index in [2.05, 4.69) is 22.0 Å². The molecule has 152 valence electrons. The number of benzene rings is 2. The van der Waals surface area contributed by atoms with Gasteiger partial charge in [0.1, 0.15) is 0 Å². The minimum Gasteiger partial charge on any atom is -0.493 e. The van der Waals surface area contributed by atoms with Crippen molar-refractivity contribution in [3.05, 3.63) is 82.6 Å². The van der Waals surface area contributed by atoms with Crippen molar-refractivity contribution in [2.45, 2.75) is 19.6 Å². The number of hydrogen-bond acceptors (Lipinski definition) is 5. The topological polar surface area (TPSA) is 43.8 Å². The molecule has 0 N–H and O–H groups in total. The summed E-state index contributed by atoms with van der Waals surface area (Å²) in [5.41, 5.74) is 3.46. The summed E-state index contributed by atoms with van der Waals surface area (Å²) in [5.74, 6) is 1.89. The van der Waals surface area contributed by atoms with Crippen molar-refractivity contribution in [3.8, 4) is 17.2 Å². The van der Waals surface area contributed by atoms with E-state index in [1.807, 2.05) is 48.8 Å². The summed E-state index contributed by atoms with van der Waals surface area (Å²) in [6.07, 6.45) is 3.63. The van der Waals surface area contributed by atoms with Crippen LogP contribution in [0.5, 0.6) is 17.2 Å². The molecule has 0 amide bonds. The third kappa shape index (κ3) is 5.62. The van der Waals surface area contributed by atoms with E-state index in [9.17, 15) is 0 Å². The molecule has 0 unspecified atom stereocenters. The molecule has 0 fully saturated rings. The van der Waals surface area contributed by atoms with Crippen LogP contribution in [0.15, 0.2) is 60.9 Å². The fourth-order valence-corrected chi connectivity index (χ4v) is 3.37. The maximum atomic E-state index is 6.04. The third-order valence-corrected chi connectivity index (χ3v) is 4.86. The summed E-state index contributed by atoms with van der Waals surface area (Å²) >= 11 is 6.04. The molecule has 0 bridgehead atoms. The Morgan fingerprint density at radius 1 is 0.724 bits per heavy atom. The van der Waals surface area contributed by atoms with Crippen LogP contribution in [-0.2, 0) is 19.6 Å². The number of nitrogens with zero attached hydrogens (tertiary/aromatic N) is 2. The van der Waals surface area contributed by atoms with Crippen molar-refractivity contribution in [2.75, 3.05) is 21.3 Å². The molecule has 2 aromatic carbocycles. The molecule has 29 heavy (non-hydrogen) atoms. The molecule has 0 radical (unpaired) electrons. The predicted molar refractivity (Wildman–Crippen MR) is 115 cm³/mol. The van der Waals surface area contributed by atoms with Crippen LogP contribution in [0, 0.1) is 0 Å². The van der Waals surface area contributed by atoms with Crippen molar-refractivity contribution in [2.24, 2.45) is 0 Å².